The molecule has 1 aliphatic rings. The molecule has 2 rings (SSSR count). The molecule has 1 N–H and O–H groups in total. The summed E-state index contributed by atoms with van der Waals surface area (Å²) < 4.78 is 2.40. The second-order valence-corrected chi connectivity index (χ2v) is 8.56. The molecule has 0 aliphatic carbocycles. The normalized spacial score (nSPS) is 24.8. The van der Waals surface area contributed by atoms with Crippen LogP contribution in [0.15, 0.2) is 14.3 Å². The lowest BCUT2D eigenvalue weighted by atomic mass is 9.88. The Morgan fingerprint density at radius 1 is 1.47 bits per heavy atom. The van der Waals surface area contributed by atoms with Gasteiger partial charge in [0.1, 0.15) is 0 Å². The quantitative estimate of drug-likeness (QED) is 0.711. The van der Waals surface area contributed by atoms with E-state index in [0.29, 0.717) is 6.04 Å². The second kappa shape index (κ2) is 7.55. The van der Waals surface area contributed by atoms with Crippen molar-refractivity contribution in [3.8, 4) is 0 Å². The van der Waals surface area contributed by atoms with E-state index < -0.39 is 0 Å². The number of halogens is 2. The number of hydrogen-bond acceptors (Lipinski definition) is 3. The zero-order valence-electron chi connectivity index (χ0n) is 11.6. The van der Waals surface area contributed by atoms with Gasteiger partial charge in [-0.3, -0.25) is 4.90 Å². The van der Waals surface area contributed by atoms with Crippen LogP contribution in [0.3, 0.4) is 0 Å². The highest BCUT2D eigenvalue weighted by Gasteiger charge is 2.31. The molecule has 2 heterocycles. The smallest absolute Gasteiger partial charge is 0.0843 e. The number of thiophene rings is 1. The summed E-state index contributed by atoms with van der Waals surface area (Å²) in [5.41, 5.74) is 0. The van der Waals surface area contributed by atoms with Gasteiger partial charge in [0.2, 0.25) is 0 Å². The molecule has 19 heavy (non-hydrogen) atoms. The first-order valence-corrected chi connectivity index (χ1v) is 9.39. The number of nitrogens with one attached hydrogen (secondary N) is 1. The van der Waals surface area contributed by atoms with Crippen LogP contribution in [-0.4, -0.2) is 31.6 Å². The van der Waals surface area contributed by atoms with Crippen LogP contribution in [0, 0.1) is 5.92 Å². The summed E-state index contributed by atoms with van der Waals surface area (Å²) in [5, 5.41) is 3.60. The number of nitrogens with zero attached hydrogens (tertiary/aromatic N) is 1. The maximum Gasteiger partial charge on any atom is 0.0843 e. The van der Waals surface area contributed by atoms with E-state index in [2.05, 4.69) is 62.1 Å². The van der Waals surface area contributed by atoms with Gasteiger partial charge in [-0.2, -0.15) is 0 Å². The van der Waals surface area contributed by atoms with Gasteiger partial charge in [-0.25, -0.2) is 0 Å². The van der Waals surface area contributed by atoms with Crippen LogP contribution >= 0.6 is 43.2 Å². The first-order valence-electron chi connectivity index (χ1n) is 6.99. The molecule has 5 heteroatoms. The summed E-state index contributed by atoms with van der Waals surface area (Å²) in [6, 6.07) is 2.85. The van der Waals surface area contributed by atoms with Crippen LogP contribution in [0.1, 0.15) is 37.1 Å². The minimum atomic E-state index is 0.561. The number of hydrogen-bond donors (Lipinski definition) is 1. The van der Waals surface area contributed by atoms with Crippen molar-refractivity contribution in [3.05, 3.63) is 19.2 Å². The Labute approximate surface area is 137 Å². The van der Waals surface area contributed by atoms with Crippen LogP contribution in [0.2, 0.25) is 0 Å². The predicted octanol–water partition coefficient (Wildman–Crippen LogP) is 4.66. The molecular weight excluding hydrogens is 388 g/mol. The molecule has 0 saturated carbocycles. The van der Waals surface area contributed by atoms with E-state index >= 15 is 0 Å². The minimum absolute atomic E-state index is 0.561. The largest absolute Gasteiger partial charge is 0.316 e. The Balaban J connectivity index is 2.11. The maximum atomic E-state index is 3.62. The molecule has 1 aliphatic heterocycles. The molecule has 2 nitrogen and oxygen atoms in total. The van der Waals surface area contributed by atoms with Gasteiger partial charge in [0.15, 0.2) is 0 Å². The molecule has 0 bridgehead atoms. The molecule has 1 saturated heterocycles. The van der Waals surface area contributed by atoms with E-state index in [1.54, 1.807) is 0 Å². The van der Waals surface area contributed by atoms with E-state index in [4.69, 9.17) is 0 Å². The number of rotatable bonds is 5. The van der Waals surface area contributed by atoms with Crippen LogP contribution in [0.5, 0.6) is 0 Å². The van der Waals surface area contributed by atoms with Crippen molar-refractivity contribution >= 4 is 43.2 Å². The van der Waals surface area contributed by atoms with Crippen molar-refractivity contribution in [2.45, 2.75) is 32.2 Å². The summed E-state index contributed by atoms with van der Waals surface area (Å²) in [5.74, 6) is 0.725. The van der Waals surface area contributed by atoms with Gasteiger partial charge in [-0.15, -0.1) is 11.3 Å². The van der Waals surface area contributed by atoms with Crippen molar-refractivity contribution < 1.29 is 0 Å². The molecular formula is C14H22Br2N2S. The van der Waals surface area contributed by atoms with Crippen molar-refractivity contribution in [1.82, 2.24) is 10.2 Å². The van der Waals surface area contributed by atoms with Crippen LogP contribution in [0.4, 0.5) is 0 Å². The fourth-order valence-electron chi connectivity index (χ4n) is 2.90. The summed E-state index contributed by atoms with van der Waals surface area (Å²) in [7, 11) is 2.26. The minimum Gasteiger partial charge on any atom is -0.316 e. The third-order valence-electron chi connectivity index (χ3n) is 3.80. The second-order valence-electron chi connectivity index (χ2n) is 5.30. The lowest BCUT2D eigenvalue weighted by molar-refractivity contribution is 0.122. The predicted molar refractivity (Wildman–Crippen MR) is 91.0 cm³/mol. The zero-order chi connectivity index (χ0) is 13.8. The van der Waals surface area contributed by atoms with Gasteiger partial charge >= 0.3 is 0 Å². The lowest BCUT2D eigenvalue weighted by Crippen LogP contribution is -2.40. The van der Waals surface area contributed by atoms with Gasteiger partial charge in [0, 0.05) is 15.4 Å². The zero-order valence-corrected chi connectivity index (χ0v) is 15.6. The van der Waals surface area contributed by atoms with E-state index in [0.717, 1.165) is 19.0 Å². The topological polar surface area (TPSA) is 15.3 Å². The average Bonchev–Trinajstić information content (AvgIpc) is 2.69. The Hall–Kier alpha value is 0.580. The van der Waals surface area contributed by atoms with Gasteiger partial charge in [0.25, 0.3) is 0 Å². The molecule has 1 fully saturated rings. The Bertz CT molecular complexity index is 389. The average molecular weight is 410 g/mol. The molecule has 0 amide bonds. The molecule has 1 aromatic heterocycles. The molecule has 0 radical (unpaired) electrons. The van der Waals surface area contributed by atoms with Gasteiger partial charge < -0.3 is 5.32 Å². The number of piperidine rings is 1. The van der Waals surface area contributed by atoms with Crippen molar-refractivity contribution in [3.63, 3.8) is 0 Å². The van der Waals surface area contributed by atoms with Crippen molar-refractivity contribution in [2.24, 2.45) is 5.92 Å². The molecule has 0 aromatic carbocycles. The van der Waals surface area contributed by atoms with Gasteiger partial charge in [-0.05, 0) is 89.8 Å². The maximum absolute atomic E-state index is 3.62. The Morgan fingerprint density at radius 3 is 2.89 bits per heavy atom. The Morgan fingerprint density at radius 2 is 2.26 bits per heavy atom. The highest BCUT2D eigenvalue weighted by Crippen LogP contribution is 2.42. The van der Waals surface area contributed by atoms with Gasteiger partial charge in [-0.1, -0.05) is 6.92 Å². The van der Waals surface area contributed by atoms with E-state index in [1.165, 1.54) is 38.9 Å². The molecule has 2 unspecified atom stereocenters. The van der Waals surface area contributed by atoms with E-state index in [1.807, 2.05) is 11.3 Å². The standard InChI is InChI=1S/C14H22Br2N2S/c1-3-6-17-9-10-5-4-7-18(2)13(10)12-8-11(15)14(16)19-12/h8,10,13,17H,3-7,9H2,1-2H3. The van der Waals surface area contributed by atoms with E-state index in [9.17, 15) is 0 Å². The summed E-state index contributed by atoms with van der Waals surface area (Å²) in [6.07, 6.45) is 3.86. The summed E-state index contributed by atoms with van der Waals surface area (Å²) >= 11 is 9.11. The molecule has 1 aromatic rings. The fourth-order valence-corrected chi connectivity index (χ4v) is 5.25. The number of likely N-dealkylation sites (tertiary alicyclic amines) is 1. The monoisotopic (exact) mass is 408 g/mol. The van der Waals surface area contributed by atoms with Crippen molar-refractivity contribution in [1.29, 1.82) is 0 Å². The van der Waals surface area contributed by atoms with Crippen LogP contribution < -0.4 is 5.32 Å². The summed E-state index contributed by atoms with van der Waals surface area (Å²) in [6.45, 7) is 5.70. The fraction of sp³-hybridized carbons (Fsp3) is 0.714. The van der Waals surface area contributed by atoms with Crippen LogP contribution in [0.25, 0.3) is 0 Å². The van der Waals surface area contributed by atoms with E-state index in [-0.39, 0.29) is 0 Å². The third kappa shape index (κ3) is 4.03. The SMILES string of the molecule is CCCNCC1CCCN(C)C1c1cc(Br)c(Br)s1. The highest BCUT2D eigenvalue weighted by molar-refractivity contribution is 9.13. The van der Waals surface area contributed by atoms with Gasteiger partial charge in [0.05, 0.1) is 3.79 Å². The summed E-state index contributed by atoms with van der Waals surface area (Å²) in [4.78, 5) is 4.00. The Kier molecular flexibility index (Phi) is 6.34. The highest BCUT2D eigenvalue weighted by atomic mass is 79.9. The van der Waals surface area contributed by atoms with Crippen molar-refractivity contribution in [2.75, 3.05) is 26.7 Å². The van der Waals surface area contributed by atoms with Crippen LogP contribution in [-0.2, 0) is 0 Å². The first kappa shape index (κ1) is 16.0. The third-order valence-corrected chi connectivity index (χ3v) is 7.12. The lowest BCUT2D eigenvalue weighted by Gasteiger charge is -2.39. The molecule has 0 spiro atoms. The molecule has 108 valence electrons. The molecule has 2 atom stereocenters. The first-order chi connectivity index (χ1) is 9.13.